The molecule has 1 unspecified atom stereocenters. The summed E-state index contributed by atoms with van der Waals surface area (Å²) >= 11 is 0. The van der Waals surface area contributed by atoms with E-state index < -0.39 is 12.1 Å². The Morgan fingerprint density at radius 1 is 1.15 bits per heavy atom. The predicted octanol–water partition coefficient (Wildman–Crippen LogP) is 2.68. The first kappa shape index (κ1) is 19.1. The molecule has 1 atom stereocenters. The predicted molar refractivity (Wildman–Crippen MR) is 68.0 cm³/mol. The highest BCUT2D eigenvalue weighted by atomic mass is 31.1. The van der Waals surface area contributed by atoms with Gasteiger partial charge in [0.25, 0.3) is 0 Å². The highest BCUT2D eigenvalue weighted by Crippen LogP contribution is 2.15. The van der Waals surface area contributed by atoms with Gasteiger partial charge in [-0.1, -0.05) is 12.8 Å². The van der Waals surface area contributed by atoms with Crippen molar-refractivity contribution in [2.24, 2.45) is 0 Å². The second kappa shape index (κ2) is 11.9. The molecule has 0 fully saturated rings. The van der Waals surface area contributed by atoms with Gasteiger partial charge < -0.3 is 14.4 Å². The van der Waals surface area contributed by atoms with E-state index >= 15 is 0 Å². The average Bonchev–Trinajstić information content (AvgIpc) is 2.38. The van der Waals surface area contributed by atoms with Crippen LogP contribution in [0.4, 0.5) is 13.2 Å². The number of rotatable bonds is 11. The number of nitriles is 1. The summed E-state index contributed by atoms with van der Waals surface area (Å²) < 4.78 is 45.6. The van der Waals surface area contributed by atoms with Crippen molar-refractivity contribution < 1.29 is 27.0 Å². The van der Waals surface area contributed by atoms with Crippen LogP contribution in [0.3, 0.4) is 0 Å². The molecule has 0 aliphatic rings. The molecule has 0 aliphatic heterocycles. The minimum atomic E-state index is -4.81. The third-order valence-electron chi connectivity index (χ3n) is 2.15. The minimum Gasteiger partial charge on any atom is -0.348 e. The summed E-state index contributed by atoms with van der Waals surface area (Å²) in [7, 11) is -0.0888. The lowest BCUT2D eigenvalue weighted by molar-refractivity contribution is -0.173. The maximum absolute atomic E-state index is 11.8. The maximum atomic E-state index is 11.8. The molecule has 0 saturated carbocycles. The topological polar surface area (TPSA) is 71.3 Å². The van der Waals surface area contributed by atoms with Crippen molar-refractivity contribution >= 4 is 14.9 Å². The molecule has 5 nitrogen and oxygen atoms in total. The minimum absolute atomic E-state index is 0.0260. The number of hydrogen-bond donors (Lipinski definition) is 1. The summed E-state index contributed by atoms with van der Waals surface area (Å²) in [6, 6.07) is 1.94. The van der Waals surface area contributed by atoms with Crippen LogP contribution in [0.5, 0.6) is 0 Å². The third kappa shape index (κ3) is 12.2. The molecule has 0 aromatic rings. The molecular formula is C11H18F3N2O3P. The largest absolute Gasteiger partial charge is 0.471 e. The molecule has 0 aliphatic carbocycles. The lowest BCUT2D eigenvalue weighted by Gasteiger charge is -2.07. The molecule has 0 heterocycles. The van der Waals surface area contributed by atoms with Crippen LogP contribution in [-0.4, -0.2) is 31.8 Å². The van der Waals surface area contributed by atoms with Crippen molar-refractivity contribution in [3.05, 3.63) is 0 Å². The van der Waals surface area contributed by atoms with E-state index in [-0.39, 0.29) is 15.6 Å². The van der Waals surface area contributed by atoms with Crippen LogP contribution in [0.1, 0.15) is 32.1 Å². The van der Waals surface area contributed by atoms with E-state index in [1.807, 2.05) is 11.4 Å². The van der Waals surface area contributed by atoms with Crippen LogP contribution < -0.4 is 5.32 Å². The summed E-state index contributed by atoms with van der Waals surface area (Å²) in [6.07, 6.45) is -1.66. The number of hydrogen-bond acceptors (Lipinski definition) is 4. The number of carbonyl (C=O) groups is 1. The number of halogens is 3. The van der Waals surface area contributed by atoms with E-state index in [0.717, 1.165) is 19.3 Å². The molecule has 0 saturated heterocycles. The summed E-state index contributed by atoms with van der Waals surface area (Å²) in [5, 5.41) is 10.0. The van der Waals surface area contributed by atoms with Crippen LogP contribution in [-0.2, 0) is 13.8 Å². The number of unbranched alkanes of at least 4 members (excludes halogenated alkanes) is 3. The van der Waals surface area contributed by atoms with Gasteiger partial charge >= 0.3 is 12.1 Å². The van der Waals surface area contributed by atoms with Crippen LogP contribution in [0.15, 0.2) is 0 Å². The van der Waals surface area contributed by atoms with Crippen molar-refractivity contribution in [2.75, 3.05) is 19.8 Å². The molecule has 0 aromatic heterocycles. The fourth-order valence-corrected chi connectivity index (χ4v) is 1.67. The Labute approximate surface area is 117 Å². The van der Waals surface area contributed by atoms with E-state index in [0.29, 0.717) is 26.1 Å². The molecule has 1 amide bonds. The van der Waals surface area contributed by atoms with E-state index in [2.05, 4.69) is 0 Å². The van der Waals surface area contributed by atoms with Gasteiger partial charge in [0.15, 0.2) is 9.03 Å². The smallest absolute Gasteiger partial charge is 0.348 e. The zero-order valence-corrected chi connectivity index (χ0v) is 12.0. The molecule has 0 rings (SSSR count). The van der Waals surface area contributed by atoms with Crippen LogP contribution in [0.25, 0.3) is 0 Å². The van der Waals surface area contributed by atoms with Crippen LogP contribution in [0.2, 0.25) is 0 Å². The van der Waals surface area contributed by atoms with Gasteiger partial charge in [-0.25, -0.2) is 0 Å². The molecule has 0 spiro atoms. The summed E-state index contributed by atoms with van der Waals surface area (Å²) in [6.45, 7) is 0.895. The van der Waals surface area contributed by atoms with E-state index in [9.17, 15) is 18.0 Å². The molecule has 1 N–H and O–H groups in total. The number of nitrogens with one attached hydrogen (secondary N) is 1. The van der Waals surface area contributed by atoms with Crippen molar-refractivity contribution in [3.8, 4) is 6.07 Å². The summed E-state index contributed by atoms with van der Waals surface area (Å²) in [4.78, 5) is 10.5. The first-order valence-corrected chi connectivity index (χ1v) is 7.00. The maximum Gasteiger partial charge on any atom is 0.471 e. The SMILES string of the molecule is N#CCCOPOCCCCCCNC(=O)C(F)(F)F. The quantitative estimate of drug-likeness (QED) is 0.470. The van der Waals surface area contributed by atoms with Gasteiger partial charge in [0.05, 0.1) is 25.7 Å². The number of alkyl halides is 3. The van der Waals surface area contributed by atoms with Crippen molar-refractivity contribution in [3.63, 3.8) is 0 Å². The molecule has 0 radical (unpaired) electrons. The first-order chi connectivity index (χ1) is 9.48. The first-order valence-electron chi connectivity index (χ1n) is 6.19. The highest BCUT2D eigenvalue weighted by molar-refractivity contribution is 7.26. The van der Waals surface area contributed by atoms with Gasteiger partial charge in [-0.3, -0.25) is 4.79 Å². The molecular weight excluding hydrogens is 296 g/mol. The second-order valence-corrected chi connectivity index (χ2v) is 4.60. The standard InChI is InChI=1S/C11H18F3N2O3P/c12-11(13,14)10(17)16-7-3-1-2-4-8-18-20-19-9-5-6-15/h20H,1-5,7-9H2,(H,16,17). The lowest BCUT2D eigenvalue weighted by Crippen LogP contribution is -2.37. The van der Waals surface area contributed by atoms with Gasteiger partial charge in [0.2, 0.25) is 0 Å². The van der Waals surface area contributed by atoms with E-state index in [1.165, 1.54) is 0 Å². The Morgan fingerprint density at radius 2 is 1.80 bits per heavy atom. The lowest BCUT2D eigenvalue weighted by atomic mass is 10.2. The molecule has 9 heteroatoms. The van der Waals surface area contributed by atoms with Crippen molar-refractivity contribution in [1.82, 2.24) is 5.32 Å². The Hall–Kier alpha value is -0.900. The normalized spacial score (nSPS) is 11.7. The zero-order chi connectivity index (χ0) is 15.3. The monoisotopic (exact) mass is 314 g/mol. The van der Waals surface area contributed by atoms with Gasteiger partial charge in [-0.15, -0.1) is 0 Å². The Morgan fingerprint density at radius 3 is 2.45 bits per heavy atom. The fourth-order valence-electron chi connectivity index (χ4n) is 1.18. The van der Waals surface area contributed by atoms with Gasteiger partial charge in [-0.05, 0) is 12.8 Å². The summed E-state index contributed by atoms with van der Waals surface area (Å²) in [5.41, 5.74) is 0. The van der Waals surface area contributed by atoms with Crippen LogP contribution >= 0.6 is 9.03 Å². The van der Waals surface area contributed by atoms with E-state index in [4.69, 9.17) is 14.3 Å². The highest BCUT2D eigenvalue weighted by Gasteiger charge is 2.38. The molecule has 116 valence electrons. The molecule has 0 bridgehead atoms. The number of carbonyl (C=O) groups excluding carboxylic acids is 1. The Kier molecular flexibility index (Phi) is 11.4. The van der Waals surface area contributed by atoms with E-state index in [1.54, 1.807) is 0 Å². The van der Waals surface area contributed by atoms with Gasteiger partial charge in [-0.2, -0.15) is 18.4 Å². The van der Waals surface area contributed by atoms with Gasteiger partial charge in [0.1, 0.15) is 0 Å². The van der Waals surface area contributed by atoms with Crippen LogP contribution in [0, 0.1) is 11.3 Å². The average molecular weight is 314 g/mol. The summed E-state index contributed by atoms with van der Waals surface area (Å²) in [5.74, 6) is -1.89. The Balaban J connectivity index is 3.18. The third-order valence-corrected chi connectivity index (χ3v) is 2.79. The molecule has 0 aromatic carbocycles. The number of amides is 1. The second-order valence-electron chi connectivity index (χ2n) is 3.86. The van der Waals surface area contributed by atoms with Gasteiger partial charge in [0, 0.05) is 6.54 Å². The van der Waals surface area contributed by atoms with Crippen molar-refractivity contribution in [1.29, 1.82) is 5.26 Å². The Bertz CT molecular complexity index is 308. The molecule has 20 heavy (non-hydrogen) atoms. The zero-order valence-electron chi connectivity index (χ0n) is 11.0. The fraction of sp³-hybridized carbons (Fsp3) is 0.818. The number of nitrogens with zero attached hydrogens (tertiary/aromatic N) is 1. The van der Waals surface area contributed by atoms with Crippen molar-refractivity contribution in [2.45, 2.75) is 38.3 Å².